The Morgan fingerprint density at radius 2 is 2.13 bits per heavy atom. The summed E-state index contributed by atoms with van der Waals surface area (Å²) in [6.45, 7) is 0. The second kappa shape index (κ2) is 6.20. The van der Waals surface area contributed by atoms with E-state index in [1.807, 2.05) is 0 Å². The minimum absolute atomic E-state index is 0.0379. The lowest BCUT2D eigenvalue weighted by Crippen LogP contribution is -2.17. The van der Waals surface area contributed by atoms with Crippen molar-refractivity contribution in [1.82, 2.24) is 4.98 Å². The van der Waals surface area contributed by atoms with E-state index < -0.39 is 33.3 Å². The summed E-state index contributed by atoms with van der Waals surface area (Å²) in [6.07, 6.45) is -4.77. The molecule has 0 spiro atoms. The van der Waals surface area contributed by atoms with Crippen LogP contribution in [0.5, 0.6) is 5.75 Å². The van der Waals surface area contributed by atoms with E-state index in [2.05, 4.69) is 10.3 Å². The van der Waals surface area contributed by atoms with Crippen LogP contribution >= 0.6 is 11.3 Å². The number of carbonyl (C=O) groups excluding carboxylic acids is 1. The maximum Gasteiger partial charge on any atom is 0.434 e. The molecule has 2 rings (SSSR count). The van der Waals surface area contributed by atoms with E-state index in [1.165, 1.54) is 19.2 Å². The van der Waals surface area contributed by atoms with Crippen molar-refractivity contribution in [1.29, 1.82) is 0 Å². The molecule has 23 heavy (non-hydrogen) atoms. The van der Waals surface area contributed by atoms with Crippen LogP contribution in [0.3, 0.4) is 0 Å². The van der Waals surface area contributed by atoms with Crippen molar-refractivity contribution >= 4 is 28.6 Å². The smallest absolute Gasteiger partial charge is 0.434 e. The third-order valence-electron chi connectivity index (χ3n) is 2.68. The number of nitrogens with one attached hydrogen (secondary N) is 1. The Morgan fingerprint density at radius 1 is 1.43 bits per heavy atom. The number of benzene rings is 1. The number of nitro groups is 1. The Kier molecular flexibility index (Phi) is 4.50. The lowest BCUT2D eigenvalue weighted by atomic mass is 10.2. The summed E-state index contributed by atoms with van der Waals surface area (Å²) in [6, 6.07) is 3.49. The average Bonchev–Trinajstić information content (AvgIpc) is 2.96. The van der Waals surface area contributed by atoms with Gasteiger partial charge in [-0.05, 0) is 12.1 Å². The molecule has 0 saturated carbocycles. The molecule has 0 saturated heterocycles. The zero-order valence-electron chi connectivity index (χ0n) is 11.4. The van der Waals surface area contributed by atoms with Crippen molar-refractivity contribution in [3.8, 4) is 5.75 Å². The summed E-state index contributed by atoms with van der Waals surface area (Å²) >= 11 is 0.520. The highest BCUT2D eigenvalue weighted by Crippen LogP contribution is 2.34. The van der Waals surface area contributed by atoms with Gasteiger partial charge in [0.15, 0.2) is 11.4 Å². The van der Waals surface area contributed by atoms with Crippen molar-refractivity contribution in [3.63, 3.8) is 0 Å². The molecule has 1 heterocycles. The van der Waals surface area contributed by atoms with Gasteiger partial charge in [-0.3, -0.25) is 14.9 Å². The number of thiazole rings is 1. The first kappa shape index (κ1) is 16.7. The van der Waals surface area contributed by atoms with Crippen molar-refractivity contribution in [2.45, 2.75) is 6.18 Å². The highest BCUT2D eigenvalue weighted by Gasteiger charge is 2.38. The first-order valence-electron chi connectivity index (χ1n) is 5.88. The number of halogens is 3. The Labute approximate surface area is 130 Å². The number of aromatic nitrogens is 1. The van der Waals surface area contributed by atoms with Crippen LogP contribution in [0.15, 0.2) is 23.7 Å². The van der Waals surface area contributed by atoms with Gasteiger partial charge >= 0.3 is 11.9 Å². The Bertz CT molecular complexity index is 760. The molecular weight excluding hydrogens is 339 g/mol. The second-order valence-corrected chi connectivity index (χ2v) is 4.98. The van der Waals surface area contributed by atoms with E-state index in [1.54, 1.807) is 0 Å². The molecule has 7 nitrogen and oxygen atoms in total. The van der Waals surface area contributed by atoms with Gasteiger partial charge in [0, 0.05) is 11.8 Å². The summed E-state index contributed by atoms with van der Waals surface area (Å²) in [4.78, 5) is 24.6. The van der Waals surface area contributed by atoms with E-state index in [9.17, 15) is 28.1 Å². The number of rotatable bonds is 4. The maximum atomic E-state index is 12.7. The SMILES string of the molecule is COc1ccc(NC(=O)c2scnc2C(F)(F)F)cc1[N+](=O)[O-]. The fraction of sp³-hybridized carbons (Fsp3) is 0.167. The van der Waals surface area contributed by atoms with Crippen molar-refractivity contribution in [2.75, 3.05) is 12.4 Å². The quantitative estimate of drug-likeness (QED) is 0.676. The molecule has 0 aliphatic carbocycles. The monoisotopic (exact) mass is 347 g/mol. The number of nitro benzene ring substituents is 1. The summed E-state index contributed by atoms with van der Waals surface area (Å²) in [7, 11) is 1.23. The van der Waals surface area contributed by atoms with Gasteiger partial charge < -0.3 is 10.1 Å². The highest BCUT2D eigenvalue weighted by molar-refractivity contribution is 7.12. The molecule has 0 fully saturated rings. The van der Waals surface area contributed by atoms with Gasteiger partial charge in [-0.25, -0.2) is 4.98 Å². The third kappa shape index (κ3) is 3.56. The molecule has 1 aromatic heterocycles. The molecule has 1 aromatic carbocycles. The fourth-order valence-electron chi connectivity index (χ4n) is 1.71. The number of alkyl halides is 3. The predicted octanol–water partition coefficient (Wildman–Crippen LogP) is 3.33. The normalized spacial score (nSPS) is 11.1. The van der Waals surface area contributed by atoms with Crippen molar-refractivity contribution in [3.05, 3.63) is 44.4 Å². The van der Waals surface area contributed by atoms with E-state index in [0.717, 1.165) is 11.6 Å². The van der Waals surface area contributed by atoms with Crippen molar-refractivity contribution < 1.29 is 27.6 Å². The maximum absolute atomic E-state index is 12.7. The molecule has 11 heteroatoms. The van der Waals surface area contributed by atoms with Crippen LogP contribution in [0.2, 0.25) is 0 Å². The van der Waals surface area contributed by atoms with Crippen LogP contribution in [-0.2, 0) is 6.18 Å². The van der Waals surface area contributed by atoms with Crippen LogP contribution in [0.1, 0.15) is 15.4 Å². The number of anilines is 1. The van der Waals surface area contributed by atoms with Crippen LogP contribution < -0.4 is 10.1 Å². The van der Waals surface area contributed by atoms with Gasteiger partial charge in [0.2, 0.25) is 0 Å². The van der Waals surface area contributed by atoms with Gasteiger partial charge in [0.25, 0.3) is 5.91 Å². The number of hydrogen-bond acceptors (Lipinski definition) is 6. The van der Waals surface area contributed by atoms with Crippen LogP contribution in [0.4, 0.5) is 24.5 Å². The van der Waals surface area contributed by atoms with E-state index in [0.29, 0.717) is 11.3 Å². The standard InChI is InChI=1S/C12H8F3N3O4S/c1-22-8-3-2-6(4-7(8)18(20)21)17-11(19)9-10(12(13,14)15)16-5-23-9/h2-5H,1H3,(H,17,19). The van der Waals surface area contributed by atoms with Gasteiger partial charge in [-0.2, -0.15) is 13.2 Å². The number of hydrogen-bond donors (Lipinski definition) is 1. The first-order chi connectivity index (χ1) is 10.7. The zero-order chi connectivity index (χ0) is 17.2. The Morgan fingerprint density at radius 3 is 2.70 bits per heavy atom. The number of ether oxygens (including phenoxy) is 1. The average molecular weight is 347 g/mol. The lowest BCUT2D eigenvalue weighted by Gasteiger charge is -2.08. The third-order valence-corrected chi connectivity index (χ3v) is 3.50. The fourth-order valence-corrected chi connectivity index (χ4v) is 2.41. The number of amides is 1. The molecule has 1 N–H and O–H groups in total. The molecule has 0 aliphatic rings. The molecular formula is C12H8F3N3O4S. The molecule has 122 valence electrons. The van der Waals surface area contributed by atoms with Crippen LogP contribution in [0.25, 0.3) is 0 Å². The molecule has 0 radical (unpaired) electrons. The molecule has 1 amide bonds. The lowest BCUT2D eigenvalue weighted by molar-refractivity contribution is -0.385. The number of carbonyl (C=O) groups is 1. The number of nitrogens with zero attached hydrogens (tertiary/aromatic N) is 2. The van der Waals surface area contributed by atoms with Gasteiger partial charge in [0.05, 0.1) is 17.5 Å². The Balaban J connectivity index is 2.30. The van der Waals surface area contributed by atoms with Gasteiger partial charge in [0.1, 0.15) is 4.88 Å². The molecule has 0 bridgehead atoms. The summed E-state index contributed by atoms with van der Waals surface area (Å²) < 4.78 is 42.9. The van der Waals surface area contributed by atoms with Gasteiger partial charge in [-0.1, -0.05) is 0 Å². The van der Waals surface area contributed by atoms with Crippen LogP contribution in [-0.4, -0.2) is 22.9 Å². The van der Waals surface area contributed by atoms with Gasteiger partial charge in [-0.15, -0.1) is 11.3 Å². The minimum Gasteiger partial charge on any atom is -0.490 e. The molecule has 2 aromatic rings. The second-order valence-electron chi connectivity index (χ2n) is 4.13. The van der Waals surface area contributed by atoms with E-state index in [4.69, 9.17) is 4.74 Å². The first-order valence-corrected chi connectivity index (χ1v) is 6.76. The van der Waals surface area contributed by atoms with Crippen LogP contribution in [0, 0.1) is 10.1 Å². The Hall–Kier alpha value is -2.69. The summed E-state index contributed by atoms with van der Waals surface area (Å²) in [5.41, 5.74) is -0.869. The summed E-state index contributed by atoms with van der Waals surface area (Å²) in [5, 5.41) is 13.1. The van der Waals surface area contributed by atoms with Crippen molar-refractivity contribution in [2.24, 2.45) is 0 Å². The molecule has 0 aliphatic heterocycles. The topological polar surface area (TPSA) is 94.4 Å². The van der Waals surface area contributed by atoms with E-state index in [-0.39, 0.29) is 11.4 Å². The largest absolute Gasteiger partial charge is 0.490 e. The predicted molar refractivity (Wildman–Crippen MR) is 74.7 cm³/mol. The highest BCUT2D eigenvalue weighted by atomic mass is 32.1. The minimum atomic E-state index is -4.77. The summed E-state index contributed by atoms with van der Waals surface area (Å²) in [5.74, 6) is -1.10. The molecule has 0 atom stereocenters. The van der Waals surface area contributed by atoms with E-state index >= 15 is 0 Å². The molecule has 0 unspecified atom stereocenters. The zero-order valence-corrected chi connectivity index (χ0v) is 12.2. The number of methoxy groups -OCH3 is 1.